The molecule has 2 N–H and O–H groups in total. The molecule has 1 aliphatic carbocycles. The Bertz CT molecular complexity index is 801. The number of carbonyl (C=O) groups excluding carboxylic acids is 1. The van der Waals surface area contributed by atoms with Gasteiger partial charge in [-0.1, -0.05) is 19.9 Å². The SMILES string of the molecule is Cc1ccc(NC(=O)c2oc3c(c2C)C(O)CC(C)(C)C3)cc1C. The summed E-state index contributed by atoms with van der Waals surface area (Å²) >= 11 is 0. The van der Waals surface area contributed by atoms with Crippen molar-refractivity contribution < 1.29 is 14.3 Å². The molecule has 1 atom stereocenters. The lowest BCUT2D eigenvalue weighted by atomic mass is 9.75. The minimum atomic E-state index is -0.573. The average molecular weight is 327 g/mol. The largest absolute Gasteiger partial charge is 0.455 e. The summed E-state index contributed by atoms with van der Waals surface area (Å²) in [7, 11) is 0. The fourth-order valence-corrected chi connectivity index (χ4v) is 3.51. The summed E-state index contributed by atoms with van der Waals surface area (Å²) in [6.07, 6.45) is 0.839. The summed E-state index contributed by atoms with van der Waals surface area (Å²) in [5.74, 6) is 0.770. The summed E-state index contributed by atoms with van der Waals surface area (Å²) < 4.78 is 5.86. The molecule has 2 aromatic rings. The van der Waals surface area contributed by atoms with E-state index in [-0.39, 0.29) is 11.3 Å². The summed E-state index contributed by atoms with van der Waals surface area (Å²) in [6, 6.07) is 5.82. The molecule has 4 heteroatoms. The van der Waals surface area contributed by atoms with Crippen LogP contribution in [0.5, 0.6) is 0 Å². The topological polar surface area (TPSA) is 62.5 Å². The van der Waals surface area contributed by atoms with Crippen LogP contribution >= 0.6 is 0 Å². The molecule has 0 aliphatic heterocycles. The van der Waals surface area contributed by atoms with E-state index in [1.54, 1.807) is 0 Å². The molecule has 1 heterocycles. The van der Waals surface area contributed by atoms with Gasteiger partial charge in [0, 0.05) is 23.2 Å². The van der Waals surface area contributed by atoms with Crippen LogP contribution in [0.2, 0.25) is 0 Å². The molecule has 0 spiro atoms. The predicted molar refractivity (Wildman–Crippen MR) is 94.4 cm³/mol. The van der Waals surface area contributed by atoms with Crippen molar-refractivity contribution in [1.29, 1.82) is 0 Å². The standard InChI is InChI=1S/C20H25NO3/c1-11-6-7-14(8-12(11)2)21-19(23)18-13(3)17-15(22)9-20(4,5)10-16(17)24-18/h6-8,15,22H,9-10H2,1-5H3,(H,21,23). The van der Waals surface area contributed by atoms with Crippen LogP contribution in [-0.2, 0) is 6.42 Å². The van der Waals surface area contributed by atoms with Crippen molar-refractivity contribution in [2.45, 2.75) is 53.6 Å². The third-order valence-corrected chi connectivity index (χ3v) is 4.96. The molecule has 0 bridgehead atoms. The van der Waals surface area contributed by atoms with Crippen molar-refractivity contribution in [2.75, 3.05) is 5.32 Å². The van der Waals surface area contributed by atoms with Gasteiger partial charge < -0.3 is 14.8 Å². The number of nitrogens with one attached hydrogen (secondary N) is 1. The van der Waals surface area contributed by atoms with Gasteiger partial charge in [0.25, 0.3) is 5.91 Å². The molecule has 1 aliphatic rings. The zero-order valence-corrected chi connectivity index (χ0v) is 15.0. The Morgan fingerprint density at radius 3 is 2.62 bits per heavy atom. The predicted octanol–water partition coefficient (Wildman–Crippen LogP) is 4.46. The Morgan fingerprint density at radius 1 is 1.25 bits per heavy atom. The maximum absolute atomic E-state index is 12.6. The van der Waals surface area contributed by atoms with Gasteiger partial charge in [-0.3, -0.25) is 4.79 Å². The van der Waals surface area contributed by atoms with Gasteiger partial charge in [-0.05, 0) is 55.9 Å². The minimum Gasteiger partial charge on any atom is -0.455 e. The molecule has 1 aromatic carbocycles. The smallest absolute Gasteiger partial charge is 0.291 e. The second-order valence-electron chi connectivity index (χ2n) is 7.71. The maximum Gasteiger partial charge on any atom is 0.291 e. The van der Waals surface area contributed by atoms with Gasteiger partial charge in [0.2, 0.25) is 0 Å². The van der Waals surface area contributed by atoms with Crippen molar-refractivity contribution in [1.82, 2.24) is 0 Å². The van der Waals surface area contributed by atoms with Gasteiger partial charge >= 0.3 is 0 Å². The number of amides is 1. The normalized spacial score (nSPS) is 19.0. The molecular formula is C20H25NO3. The number of aliphatic hydroxyl groups is 1. The Morgan fingerprint density at radius 2 is 1.96 bits per heavy atom. The zero-order chi connectivity index (χ0) is 17.6. The highest BCUT2D eigenvalue weighted by Crippen LogP contribution is 2.44. The Hall–Kier alpha value is -2.07. The summed E-state index contributed by atoms with van der Waals surface area (Å²) in [5.41, 5.74) is 4.56. The number of aliphatic hydroxyl groups excluding tert-OH is 1. The second-order valence-corrected chi connectivity index (χ2v) is 7.71. The fourth-order valence-electron chi connectivity index (χ4n) is 3.51. The first kappa shape index (κ1) is 16.8. The number of anilines is 1. The van der Waals surface area contributed by atoms with Crippen LogP contribution < -0.4 is 5.32 Å². The van der Waals surface area contributed by atoms with Crippen LogP contribution in [0.4, 0.5) is 5.69 Å². The lowest BCUT2D eigenvalue weighted by molar-refractivity contribution is 0.0910. The first-order valence-corrected chi connectivity index (χ1v) is 8.37. The average Bonchev–Trinajstić information content (AvgIpc) is 2.78. The van der Waals surface area contributed by atoms with E-state index in [9.17, 15) is 9.90 Å². The van der Waals surface area contributed by atoms with E-state index in [0.717, 1.165) is 34.6 Å². The highest BCUT2D eigenvalue weighted by Gasteiger charge is 2.37. The minimum absolute atomic E-state index is 0.0292. The summed E-state index contributed by atoms with van der Waals surface area (Å²) in [6.45, 7) is 10.1. The number of hydrogen-bond acceptors (Lipinski definition) is 3. The molecule has 0 saturated carbocycles. The van der Waals surface area contributed by atoms with Crippen molar-refractivity contribution in [3.8, 4) is 0 Å². The second kappa shape index (κ2) is 5.78. The third-order valence-electron chi connectivity index (χ3n) is 4.96. The Balaban J connectivity index is 1.90. The molecule has 128 valence electrons. The molecule has 1 unspecified atom stereocenters. The van der Waals surface area contributed by atoms with Crippen LogP contribution in [0.3, 0.4) is 0 Å². The Labute approximate surface area is 142 Å². The lowest BCUT2D eigenvalue weighted by Crippen LogP contribution is -2.24. The van der Waals surface area contributed by atoms with Crippen LogP contribution in [0.25, 0.3) is 0 Å². The van der Waals surface area contributed by atoms with Gasteiger partial charge in [0.05, 0.1) is 6.10 Å². The lowest BCUT2D eigenvalue weighted by Gasteiger charge is -2.31. The van der Waals surface area contributed by atoms with Gasteiger partial charge in [-0.15, -0.1) is 0 Å². The highest BCUT2D eigenvalue weighted by molar-refractivity contribution is 6.03. The van der Waals surface area contributed by atoms with Crippen LogP contribution in [0.15, 0.2) is 22.6 Å². The van der Waals surface area contributed by atoms with Gasteiger partial charge in [-0.25, -0.2) is 0 Å². The molecular weight excluding hydrogens is 302 g/mol. The molecule has 1 aromatic heterocycles. The van der Waals surface area contributed by atoms with E-state index < -0.39 is 6.10 Å². The van der Waals surface area contributed by atoms with E-state index in [1.807, 2.05) is 39.0 Å². The highest BCUT2D eigenvalue weighted by atomic mass is 16.4. The molecule has 24 heavy (non-hydrogen) atoms. The molecule has 4 nitrogen and oxygen atoms in total. The first-order chi connectivity index (χ1) is 11.2. The Kier molecular flexibility index (Phi) is 4.04. The monoisotopic (exact) mass is 327 g/mol. The quantitative estimate of drug-likeness (QED) is 0.856. The van der Waals surface area contributed by atoms with E-state index in [4.69, 9.17) is 4.42 Å². The molecule has 1 amide bonds. The maximum atomic E-state index is 12.6. The van der Waals surface area contributed by atoms with Gasteiger partial charge in [0.15, 0.2) is 5.76 Å². The van der Waals surface area contributed by atoms with E-state index in [0.29, 0.717) is 12.2 Å². The molecule has 0 radical (unpaired) electrons. The number of carbonyl (C=O) groups is 1. The van der Waals surface area contributed by atoms with E-state index in [1.165, 1.54) is 5.56 Å². The molecule has 3 rings (SSSR count). The van der Waals surface area contributed by atoms with Crippen LogP contribution in [-0.4, -0.2) is 11.0 Å². The zero-order valence-electron chi connectivity index (χ0n) is 15.0. The number of furan rings is 1. The van der Waals surface area contributed by atoms with Crippen molar-refractivity contribution in [3.05, 3.63) is 52.0 Å². The van der Waals surface area contributed by atoms with E-state index in [2.05, 4.69) is 19.2 Å². The number of hydrogen-bond donors (Lipinski definition) is 2. The fraction of sp³-hybridized carbons (Fsp3) is 0.450. The van der Waals surface area contributed by atoms with E-state index >= 15 is 0 Å². The van der Waals surface area contributed by atoms with Crippen molar-refractivity contribution in [3.63, 3.8) is 0 Å². The third kappa shape index (κ3) is 2.98. The van der Waals surface area contributed by atoms with Crippen LogP contribution in [0, 0.1) is 26.2 Å². The number of benzene rings is 1. The van der Waals surface area contributed by atoms with Crippen LogP contribution in [0.1, 0.15) is 64.9 Å². The molecule has 0 fully saturated rings. The van der Waals surface area contributed by atoms with Crippen molar-refractivity contribution >= 4 is 11.6 Å². The number of rotatable bonds is 2. The van der Waals surface area contributed by atoms with Crippen molar-refractivity contribution in [2.24, 2.45) is 5.41 Å². The summed E-state index contributed by atoms with van der Waals surface area (Å²) in [4.78, 5) is 12.6. The number of aryl methyl sites for hydroxylation is 2. The van der Waals surface area contributed by atoms with Gasteiger partial charge in [-0.2, -0.15) is 0 Å². The molecule has 0 saturated heterocycles. The first-order valence-electron chi connectivity index (χ1n) is 8.37. The summed E-state index contributed by atoms with van der Waals surface area (Å²) in [5, 5.41) is 13.3. The van der Waals surface area contributed by atoms with Gasteiger partial charge in [0.1, 0.15) is 5.76 Å². The number of fused-ring (bicyclic) bond motifs is 1.